The van der Waals surface area contributed by atoms with Gasteiger partial charge in [0.15, 0.2) is 11.2 Å². The molecule has 3 rings (SSSR count). The van der Waals surface area contributed by atoms with Gasteiger partial charge in [0.25, 0.3) is 5.56 Å². The van der Waals surface area contributed by atoms with Crippen LogP contribution in [0.2, 0.25) is 0 Å². The molecule has 0 radical (unpaired) electrons. The first-order valence-corrected chi connectivity index (χ1v) is 6.77. The SMILES string of the molecule is CC(C)n1c(=O)c2c3ncn2ssn3c1=O. The van der Waals surface area contributed by atoms with Crippen molar-refractivity contribution >= 4 is 32.2 Å². The maximum atomic E-state index is 12.1. The molecule has 8 heteroatoms. The van der Waals surface area contributed by atoms with Crippen molar-refractivity contribution in [3.63, 3.8) is 0 Å². The Bertz CT molecular complexity index is 784. The number of hydrogen-bond donors (Lipinski definition) is 0. The van der Waals surface area contributed by atoms with Crippen LogP contribution in [0.25, 0.3) is 11.2 Å². The highest BCUT2D eigenvalue weighted by molar-refractivity contribution is 7.64. The summed E-state index contributed by atoms with van der Waals surface area (Å²) >= 11 is 0. The summed E-state index contributed by atoms with van der Waals surface area (Å²) in [5.74, 6) is 0. The molecule has 0 aromatic carbocycles. The lowest BCUT2D eigenvalue weighted by Crippen LogP contribution is -2.38. The Kier molecular flexibility index (Phi) is 1.86. The fourth-order valence-electron chi connectivity index (χ4n) is 1.70. The fraction of sp³-hybridized carbons (Fsp3) is 0.375. The van der Waals surface area contributed by atoms with Crippen molar-refractivity contribution in [2.45, 2.75) is 19.9 Å². The normalized spacial score (nSPS) is 12.2. The first-order chi connectivity index (χ1) is 7.61. The zero-order chi connectivity index (χ0) is 11.4. The van der Waals surface area contributed by atoms with Crippen molar-refractivity contribution in [1.82, 2.24) is 17.1 Å². The predicted octanol–water partition coefficient (Wildman–Crippen LogP) is 0.813. The summed E-state index contributed by atoms with van der Waals surface area (Å²) in [5.41, 5.74) is 0.360. The molecule has 0 saturated carbocycles. The van der Waals surface area contributed by atoms with Crippen LogP contribution < -0.4 is 11.2 Å². The third-order valence-electron chi connectivity index (χ3n) is 2.42. The van der Waals surface area contributed by atoms with E-state index < -0.39 is 0 Å². The largest absolute Gasteiger partial charge is 0.347 e. The van der Waals surface area contributed by atoms with Gasteiger partial charge in [0, 0.05) is 27.1 Å². The van der Waals surface area contributed by atoms with Crippen molar-refractivity contribution in [3.8, 4) is 0 Å². The van der Waals surface area contributed by atoms with Gasteiger partial charge in [0.05, 0.1) is 0 Å². The molecule has 3 heterocycles. The molecule has 6 nitrogen and oxygen atoms in total. The summed E-state index contributed by atoms with van der Waals surface area (Å²) in [7, 11) is 2.60. The lowest BCUT2D eigenvalue weighted by molar-refractivity contribution is 0.548. The Hall–Kier alpha value is -1.41. The van der Waals surface area contributed by atoms with Crippen molar-refractivity contribution in [1.29, 1.82) is 0 Å². The number of hydrogen-bond acceptors (Lipinski definition) is 5. The molecule has 84 valence electrons. The Morgan fingerprint density at radius 3 is 2.75 bits per heavy atom. The molecule has 0 saturated heterocycles. The molecule has 0 spiro atoms. The van der Waals surface area contributed by atoms with Gasteiger partial charge in [-0.2, -0.15) is 3.79 Å². The summed E-state index contributed by atoms with van der Waals surface area (Å²) in [6.07, 6.45) is 1.57. The van der Waals surface area contributed by atoms with E-state index in [1.54, 1.807) is 10.1 Å². The van der Waals surface area contributed by atoms with E-state index in [2.05, 4.69) is 4.98 Å². The molecule has 0 aliphatic rings. The Morgan fingerprint density at radius 2 is 2.06 bits per heavy atom. The molecule has 0 unspecified atom stereocenters. The molecule has 0 aliphatic carbocycles. The number of imidazole rings is 1. The first kappa shape index (κ1) is 9.79. The quantitative estimate of drug-likeness (QED) is 0.605. The summed E-state index contributed by atoms with van der Waals surface area (Å²) < 4.78 is 4.41. The zero-order valence-electron chi connectivity index (χ0n) is 8.58. The van der Waals surface area contributed by atoms with E-state index in [0.717, 1.165) is 0 Å². The van der Waals surface area contributed by atoms with E-state index in [-0.39, 0.29) is 17.3 Å². The second-order valence-electron chi connectivity index (χ2n) is 3.74. The van der Waals surface area contributed by atoms with Gasteiger partial charge in [-0.3, -0.25) is 9.36 Å². The molecule has 0 fully saturated rings. The molecule has 0 atom stereocenters. The molecule has 3 aromatic rings. The minimum absolute atomic E-state index is 0.150. The minimum atomic E-state index is -0.310. The average Bonchev–Trinajstić information content (AvgIpc) is 2.51. The van der Waals surface area contributed by atoms with Gasteiger partial charge in [-0.15, -0.1) is 0 Å². The monoisotopic (exact) mass is 256 g/mol. The van der Waals surface area contributed by atoms with Gasteiger partial charge in [0.2, 0.25) is 0 Å². The van der Waals surface area contributed by atoms with Crippen LogP contribution in [0.4, 0.5) is 0 Å². The number of aromatic nitrogens is 4. The number of rotatable bonds is 1. The molecule has 0 amide bonds. The van der Waals surface area contributed by atoms with Gasteiger partial charge in [0.1, 0.15) is 6.33 Å². The molecule has 0 N–H and O–H groups in total. The van der Waals surface area contributed by atoms with Crippen molar-refractivity contribution in [2.75, 3.05) is 0 Å². The van der Waals surface area contributed by atoms with Gasteiger partial charge in [-0.1, -0.05) is 0 Å². The van der Waals surface area contributed by atoms with Gasteiger partial charge in [-0.25, -0.2) is 13.6 Å². The highest BCUT2D eigenvalue weighted by Crippen LogP contribution is 2.15. The van der Waals surface area contributed by atoms with Crippen LogP contribution in [0.1, 0.15) is 19.9 Å². The third kappa shape index (κ3) is 1.03. The second kappa shape index (κ2) is 3.05. The van der Waals surface area contributed by atoms with Crippen molar-refractivity contribution < 1.29 is 0 Å². The molecular formula is C8H8N4O2S2. The highest BCUT2D eigenvalue weighted by atomic mass is 32.9. The molecule has 4 bridgehead atoms. The van der Waals surface area contributed by atoms with E-state index in [9.17, 15) is 9.59 Å². The Balaban J connectivity index is 2.73. The Labute approximate surface area is 96.7 Å². The van der Waals surface area contributed by atoms with Crippen LogP contribution in [0.5, 0.6) is 0 Å². The summed E-state index contributed by atoms with van der Waals surface area (Å²) in [6, 6.07) is -0.150. The number of nitrogens with zero attached hydrogens (tertiary/aromatic N) is 4. The Morgan fingerprint density at radius 1 is 1.31 bits per heavy atom. The van der Waals surface area contributed by atoms with Crippen molar-refractivity contribution in [3.05, 3.63) is 27.2 Å². The molecule has 3 aromatic heterocycles. The highest BCUT2D eigenvalue weighted by Gasteiger charge is 2.18. The third-order valence-corrected chi connectivity index (χ3v) is 4.53. The molecule has 0 aliphatic heterocycles. The van der Waals surface area contributed by atoms with Crippen LogP contribution >= 0.6 is 21.1 Å². The van der Waals surface area contributed by atoms with Crippen LogP contribution in [-0.2, 0) is 0 Å². The summed E-state index contributed by atoms with van der Waals surface area (Å²) in [4.78, 5) is 28.2. The van der Waals surface area contributed by atoms with E-state index in [1.807, 2.05) is 13.8 Å². The van der Waals surface area contributed by atoms with Crippen LogP contribution in [0.15, 0.2) is 15.9 Å². The van der Waals surface area contributed by atoms with E-state index in [0.29, 0.717) is 11.2 Å². The van der Waals surface area contributed by atoms with Gasteiger partial charge >= 0.3 is 5.69 Å². The van der Waals surface area contributed by atoms with Crippen LogP contribution in [-0.4, -0.2) is 17.1 Å². The second-order valence-corrected chi connectivity index (χ2v) is 5.69. The van der Waals surface area contributed by atoms with Crippen molar-refractivity contribution in [2.24, 2.45) is 0 Å². The van der Waals surface area contributed by atoms with E-state index in [1.165, 1.54) is 29.4 Å². The van der Waals surface area contributed by atoms with Gasteiger partial charge in [-0.05, 0) is 13.8 Å². The maximum Gasteiger partial charge on any atom is 0.347 e. The predicted molar refractivity (Wildman–Crippen MR) is 62.8 cm³/mol. The van der Waals surface area contributed by atoms with Gasteiger partial charge < -0.3 is 0 Å². The topological polar surface area (TPSA) is 60.8 Å². The van der Waals surface area contributed by atoms with Crippen LogP contribution in [0, 0.1) is 0 Å². The minimum Gasteiger partial charge on any atom is -0.267 e. The van der Waals surface area contributed by atoms with Crippen LogP contribution in [0.3, 0.4) is 0 Å². The standard InChI is InChI=1S/C8H8N4O2S2/c1-4(2)11-7(13)5-6-9-3-10(5)15-16-12(6)8(11)14/h3-4H,1-2H3. The summed E-state index contributed by atoms with van der Waals surface area (Å²) in [5, 5.41) is 0. The molecular weight excluding hydrogens is 248 g/mol. The maximum absolute atomic E-state index is 12.1. The van der Waals surface area contributed by atoms with E-state index in [4.69, 9.17) is 0 Å². The lowest BCUT2D eigenvalue weighted by atomic mass is 10.4. The first-order valence-electron chi connectivity index (χ1n) is 4.71. The fourth-order valence-corrected chi connectivity index (χ4v) is 3.67. The average molecular weight is 256 g/mol. The summed E-state index contributed by atoms with van der Waals surface area (Å²) in [6.45, 7) is 3.64. The lowest BCUT2D eigenvalue weighted by Gasteiger charge is -2.09. The zero-order valence-corrected chi connectivity index (χ0v) is 10.2. The smallest absolute Gasteiger partial charge is 0.267 e. The molecule has 16 heavy (non-hydrogen) atoms. The van der Waals surface area contributed by atoms with E-state index >= 15 is 0 Å².